The maximum absolute atomic E-state index is 8.10. The number of nitrogens with one attached hydrogen (secondary N) is 1. The first-order chi connectivity index (χ1) is 22.1. The lowest BCUT2D eigenvalue weighted by molar-refractivity contribution is 0.784. The quantitative estimate of drug-likeness (QED) is 0.197. The molecule has 6 aromatic carbocycles. The van der Waals surface area contributed by atoms with Crippen LogP contribution in [0.4, 0.5) is 0 Å². The summed E-state index contributed by atoms with van der Waals surface area (Å²) in [5.41, 5.74) is 11.5. The van der Waals surface area contributed by atoms with E-state index in [1.807, 2.05) is 19.9 Å². The monoisotopic (exact) mass is 578 g/mol. The molecule has 0 radical (unpaired) electrons. The Morgan fingerprint density at radius 3 is 2.20 bits per heavy atom. The summed E-state index contributed by atoms with van der Waals surface area (Å²) in [6.45, 7) is 3.84. The largest absolute Gasteiger partial charge is 0.312 e. The third-order valence-electron chi connectivity index (χ3n) is 9.43. The van der Waals surface area contributed by atoms with E-state index in [0.717, 1.165) is 17.6 Å². The second-order valence-corrected chi connectivity index (χ2v) is 12.1. The molecule has 0 spiro atoms. The van der Waals surface area contributed by atoms with E-state index in [-0.39, 0.29) is 0 Å². The van der Waals surface area contributed by atoms with Crippen LogP contribution in [0.5, 0.6) is 0 Å². The topological polar surface area (TPSA) is 28.8 Å². The van der Waals surface area contributed by atoms with Gasteiger partial charge in [0.25, 0.3) is 0 Å². The van der Waals surface area contributed by atoms with Gasteiger partial charge in [-0.05, 0) is 82.5 Å². The van der Waals surface area contributed by atoms with Crippen molar-refractivity contribution in [1.82, 2.24) is 4.57 Å². The molecule has 0 saturated carbocycles. The maximum atomic E-state index is 8.10. The van der Waals surface area contributed by atoms with Crippen LogP contribution in [-0.2, 0) is 6.42 Å². The Morgan fingerprint density at radius 1 is 0.711 bits per heavy atom. The molecule has 2 nitrogen and oxygen atoms in total. The Morgan fingerprint density at radius 2 is 1.42 bits per heavy atom. The van der Waals surface area contributed by atoms with Crippen LogP contribution < -0.4 is 0 Å². The average Bonchev–Trinajstić information content (AvgIpc) is 3.43. The average molecular weight is 579 g/mol. The highest BCUT2D eigenvalue weighted by molar-refractivity contribution is 6.21. The minimum atomic E-state index is 0.314. The van der Waals surface area contributed by atoms with E-state index in [9.17, 15) is 0 Å². The SMILES string of the molecule is C/C=C(\C(C)=N)c1ccc(-c2ccc3c(ccc4c5c(n(-c6ccccc6)c43)CC(c3ccc4ccccc4c3)C=C5)c2)cc1. The van der Waals surface area contributed by atoms with E-state index in [1.165, 1.54) is 66.1 Å². The molecule has 8 rings (SSSR count). The summed E-state index contributed by atoms with van der Waals surface area (Å²) in [7, 11) is 0. The summed E-state index contributed by atoms with van der Waals surface area (Å²) in [6.07, 6.45) is 7.72. The van der Waals surface area contributed by atoms with Crippen LogP contribution in [0.15, 0.2) is 140 Å². The summed E-state index contributed by atoms with van der Waals surface area (Å²) in [6, 6.07) is 46.4. The molecule has 1 atom stereocenters. The van der Waals surface area contributed by atoms with Gasteiger partial charge in [-0.1, -0.05) is 127 Å². The molecule has 1 aromatic heterocycles. The molecule has 7 aromatic rings. The number of rotatable bonds is 5. The van der Waals surface area contributed by atoms with Gasteiger partial charge < -0.3 is 9.98 Å². The van der Waals surface area contributed by atoms with E-state index in [4.69, 9.17) is 5.41 Å². The number of hydrogen-bond donors (Lipinski definition) is 1. The fourth-order valence-electron chi connectivity index (χ4n) is 7.21. The van der Waals surface area contributed by atoms with Crippen molar-refractivity contribution < 1.29 is 0 Å². The smallest absolute Gasteiger partial charge is 0.0616 e. The first kappa shape index (κ1) is 27.1. The lowest BCUT2D eigenvalue weighted by atomic mass is 9.87. The summed E-state index contributed by atoms with van der Waals surface area (Å²) >= 11 is 0. The molecule has 1 heterocycles. The van der Waals surface area contributed by atoms with Crippen molar-refractivity contribution in [3.8, 4) is 16.8 Å². The Labute approximate surface area is 264 Å². The number of para-hydroxylation sites is 1. The molecule has 1 unspecified atom stereocenters. The molecule has 1 aliphatic carbocycles. The van der Waals surface area contributed by atoms with Gasteiger partial charge in [0.15, 0.2) is 0 Å². The van der Waals surface area contributed by atoms with Crippen molar-refractivity contribution in [2.45, 2.75) is 26.2 Å². The van der Waals surface area contributed by atoms with Gasteiger partial charge in [0.1, 0.15) is 0 Å². The number of aromatic nitrogens is 1. The molecular formula is C43H34N2. The van der Waals surface area contributed by atoms with Crippen molar-refractivity contribution in [1.29, 1.82) is 5.41 Å². The Bertz CT molecular complexity index is 2310. The van der Waals surface area contributed by atoms with Crippen molar-refractivity contribution in [3.63, 3.8) is 0 Å². The zero-order valence-corrected chi connectivity index (χ0v) is 25.6. The first-order valence-electron chi connectivity index (χ1n) is 15.7. The summed E-state index contributed by atoms with van der Waals surface area (Å²) in [5, 5.41) is 14.5. The molecule has 0 bridgehead atoms. The molecule has 0 aliphatic heterocycles. The first-order valence-corrected chi connectivity index (χ1v) is 15.7. The van der Waals surface area contributed by atoms with Gasteiger partial charge in [0, 0.05) is 39.3 Å². The fourth-order valence-corrected chi connectivity index (χ4v) is 7.21. The molecule has 216 valence electrons. The highest BCUT2D eigenvalue weighted by Crippen LogP contribution is 2.42. The van der Waals surface area contributed by atoms with Gasteiger partial charge in [-0.25, -0.2) is 0 Å². The van der Waals surface area contributed by atoms with Crippen molar-refractivity contribution in [2.24, 2.45) is 0 Å². The van der Waals surface area contributed by atoms with E-state index >= 15 is 0 Å². The third-order valence-corrected chi connectivity index (χ3v) is 9.43. The Hall–Kier alpha value is -5.47. The lowest BCUT2D eigenvalue weighted by Gasteiger charge is -2.21. The summed E-state index contributed by atoms with van der Waals surface area (Å²) in [4.78, 5) is 0. The summed E-state index contributed by atoms with van der Waals surface area (Å²) in [5.74, 6) is 0.314. The number of hydrogen-bond acceptors (Lipinski definition) is 1. The van der Waals surface area contributed by atoms with Crippen LogP contribution in [0.3, 0.4) is 0 Å². The molecule has 2 heteroatoms. The predicted octanol–water partition coefficient (Wildman–Crippen LogP) is 11.4. The summed E-state index contributed by atoms with van der Waals surface area (Å²) < 4.78 is 2.51. The molecular weight excluding hydrogens is 544 g/mol. The molecule has 0 amide bonds. The van der Waals surface area contributed by atoms with Crippen LogP contribution in [0.25, 0.3) is 60.9 Å². The molecule has 0 fully saturated rings. The number of benzene rings is 6. The minimum absolute atomic E-state index is 0.314. The normalized spacial score (nSPS) is 14.7. The van der Waals surface area contributed by atoms with E-state index < -0.39 is 0 Å². The standard InChI is InChI=1S/C43H34N2/c1-3-38(28(2)44)31-16-13-30(14-17-31)33-19-22-39-36(26-33)21-24-41-40-23-20-35(34-18-15-29-9-7-8-10-32(29)25-34)27-42(40)45(43(39)41)37-11-5-4-6-12-37/h3-26,35,44H,27H2,1-2H3/b38-3+,44-28?. The van der Waals surface area contributed by atoms with E-state index in [1.54, 1.807) is 0 Å². The van der Waals surface area contributed by atoms with Crippen LogP contribution in [-0.4, -0.2) is 10.3 Å². The van der Waals surface area contributed by atoms with E-state index in [2.05, 4.69) is 144 Å². The Kier molecular flexibility index (Phi) is 6.57. The second kappa shape index (κ2) is 10.9. The molecule has 1 N–H and O–H groups in total. The van der Waals surface area contributed by atoms with Crippen molar-refractivity contribution in [2.75, 3.05) is 0 Å². The number of allylic oxidation sites excluding steroid dienone is 3. The van der Waals surface area contributed by atoms with Crippen LogP contribution in [0.1, 0.15) is 42.1 Å². The van der Waals surface area contributed by atoms with Gasteiger partial charge in [-0.3, -0.25) is 0 Å². The molecule has 1 aliphatic rings. The van der Waals surface area contributed by atoms with Gasteiger partial charge in [0.05, 0.1) is 5.52 Å². The zero-order chi connectivity index (χ0) is 30.5. The lowest BCUT2D eigenvalue weighted by Crippen LogP contribution is -2.10. The highest BCUT2D eigenvalue weighted by Gasteiger charge is 2.25. The van der Waals surface area contributed by atoms with Crippen molar-refractivity contribution in [3.05, 3.63) is 162 Å². The van der Waals surface area contributed by atoms with Crippen LogP contribution in [0, 0.1) is 5.41 Å². The van der Waals surface area contributed by atoms with Gasteiger partial charge in [-0.2, -0.15) is 0 Å². The molecule has 0 saturated heterocycles. The second-order valence-electron chi connectivity index (χ2n) is 12.1. The van der Waals surface area contributed by atoms with Gasteiger partial charge in [0.2, 0.25) is 0 Å². The number of nitrogens with zero attached hydrogens (tertiary/aromatic N) is 1. The third kappa shape index (κ3) is 4.62. The zero-order valence-electron chi connectivity index (χ0n) is 25.6. The maximum Gasteiger partial charge on any atom is 0.0616 e. The molecule has 45 heavy (non-hydrogen) atoms. The minimum Gasteiger partial charge on any atom is -0.312 e. The predicted molar refractivity (Wildman–Crippen MR) is 193 cm³/mol. The Balaban J connectivity index is 1.25. The van der Waals surface area contributed by atoms with E-state index in [0.29, 0.717) is 11.6 Å². The van der Waals surface area contributed by atoms with Crippen molar-refractivity contribution >= 4 is 49.8 Å². The highest BCUT2D eigenvalue weighted by atomic mass is 15.0. The van der Waals surface area contributed by atoms with Crippen LogP contribution >= 0.6 is 0 Å². The van der Waals surface area contributed by atoms with Crippen LogP contribution in [0.2, 0.25) is 0 Å². The fraction of sp³-hybridized carbons (Fsp3) is 0.0930. The van der Waals surface area contributed by atoms with Gasteiger partial charge >= 0.3 is 0 Å². The number of fused-ring (bicyclic) bond motifs is 6. The van der Waals surface area contributed by atoms with Gasteiger partial charge in [-0.15, -0.1) is 0 Å².